The van der Waals surface area contributed by atoms with Crippen molar-refractivity contribution in [1.29, 1.82) is 0 Å². The van der Waals surface area contributed by atoms with Crippen molar-refractivity contribution in [2.45, 2.75) is 44.4 Å². The average molecular weight is 459 g/mol. The van der Waals surface area contributed by atoms with Gasteiger partial charge < -0.3 is 5.11 Å². The van der Waals surface area contributed by atoms with Crippen LogP contribution in [0, 0.1) is 0 Å². The first kappa shape index (κ1) is 20.2. The summed E-state index contributed by atoms with van der Waals surface area (Å²) in [6.07, 6.45) is 4.67. The number of nitrogens with zero attached hydrogens (tertiary/aromatic N) is 6. The number of aromatic nitrogens is 6. The molecule has 1 N–H and O–H groups in total. The zero-order valence-electron chi connectivity index (χ0n) is 17.8. The Balaban J connectivity index is 1.43. The van der Waals surface area contributed by atoms with Crippen molar-refractivity contribution in [2.75, 3.05) is 0 Å². The van der Waals surface area contributed by atoms with E-state index in [1.54, 1.807) is 5.51 Å². The van der Waals surface area contributed by atoms with Crippen molar-refractivity contribution in [1.82, 2.24) is 29.5 Å². The van der Waals surface area contributed by atoms with Crippen molar-refractivity contribution in [3.8, 4) is 22.8 Å². The third kappa shape index (κ3) is 3.53. The highest BCUT2D eigenvalue weighted by molar-refractivity contribution is 7.07. The molecule has 3 aliphatic rings. The SMILES string of the molecule is O=c1c2nn(Cc3ccc(-c4cscn4)nc3)c3ccccc3c-2nn1[C@@H]1CCCC[C@H]1O. The van der Waals surface area contributed by atoms with Crippen LogP contribution in [0.25, 0.3) is 33.7 Å². The second-order valence-electron chi connectivity index (χ2n) is 8.47. The fourth-order valence-electron chi connectivity index (χ4n) is 4.66. The molecular formula is C24H22N6O2S. The van der Waals surface area contributed by atoms with Gasteiger partial charge in [-0.2, -0.15) is 10.2 Å². The maximum Gasteiger partial charge on any atom is 0.297 e. The van der Waals surface area contributed by atoms with E-state index in [1.807, 2.05) is 52.7 Å². The van der Waals surface area contributed by atoms with Crippen molar-refractivity contribution in [2.24, 2.45) is 0 Å². The van der Waals surface area contributed by atoms with Gasteiger partial charge >= 0.3 is 0 Å². The highest BCUT2D eigenvalue weighted by atomic mass is 32.1. The minimum absolute atomic E-state index is 0.243. The molecule has 4 heterocycles. The molecule has 0 bridgehead atoms. The van der Waals surface area contributed by atoms with E-state index in [0.29, 0.717) is 24.4 Å². The van der Waals surface area contributed by atoms with Gasteiger partial charge in [0.1, 0.15) is 5.69 Å². The van der Waals surface area contributed by atoms with Crippen molar-refractivity contribution in [3.63, 3.8) is 0 Å². The van der Waals surface area contributed by atoms with Crippen LogP contribution in [0.5, 0.6) is 0 Å². The number of hydrogen-bond donors (Lipinski definition) is 1. The van der Waals surface area contributed by atoms with Gasteiger partial charge in [0.05, 0.1) is 41.1 Å². The lowest BCUT2D eigenvalue weighted by atomic mass is 9.93. The molecule has 1 aromatic carbocycles. The summed E-state index contributed by atoms with van der Waals surface area (Å²) < 4.78 is 3.30. The lowest BCUT2D eigenvalue weighted by Crippen LogP contribution is -2.33. The smallest absolute Gasteiger partial charge is 0.297 e. The molecular weight excluding hydrogens is 436 g/mol. The van der Waals surface area contributed by atoms with Crippen molar-refractivity contribution in [3.05, 3.63) is 69.4 Å². The van der Waals surface area contributed by atoms with E-state index < -0.39 is 6.10 Å². The Bertz CT molecular complexity index is 1440. The molecule has 6 rings (SSSR count). The summed E-state index contributed by atoms with van der Waals surface area (Å²) in [4.78, 5) is 22.1. The quantitative estimate of drug-likeness (QED) is 0.441. The lowest BCUT2D eigenvalue weighted by molar-refractivity contribution is 0.0681. The molecule has 0 amide bonds. The normalized spacial score (nSPS) is 18.8. The predicted molar refractivity (Wildman–Crippen MR) is 126 cm³/mol. The molecule has 0 unspecified atom stereocenters. The van der Waals surface area contributed by atoms with E-state index >= 15 is 0 Å². The lowest BCUT2D eigenvalue weighted by Gasteiger charge is -2.26. The molecule has 0 radical (unpaired) electrons. The van der Waals surface area contributed by atoms with E-state index in [9.17, 15) is 9.90 Å². The Morgan fingerprint density at radius 3 is 2.67 bits per heavy atom. The fourth-order valence-corrected chi connectivity index (χ4v) is 5.20. The fraction of sp³-hybridized carbons (Fsp3) is 0.292. The molecule has 2 aromatic heterocycles. The van der Waals surface area contributed by atoms with Crippen LogP contribution >= 0.6 is 11.3 Å². The Morgan fingerprint density at radius 2 is 1.88 bits per heavy atom. The van der Waals surface area contributed by atoms with Gasteiger partial charge in [-0.15, -0.1) is 11.3 Å². The zero-order valence-corrected chi connectivity index (χ0v) is 18.6. The van der Waals surface area contributed by atoms with Crippen LogP contribution in [0.3, 0.4) is 0 Å². The molecule has 9 heteroatoms. The molecule has 1 saturated carbocycles. The Morgan fingerprint density at radius 1 is 1.00 bits per heavy atom. The second kappa shape index (κ2) is 8.17. The van der Waals surface area contributed by atoms with E-state index in [0.717, 1.165) is 47.1 Å². The monoisotopic (exact) mass is 458 g/mol. The van der Waals surface area contributed by atoms with E-state index in [4.69, 9.17) is 5.10 Å². The van der Waals surface area contributed by atoms with E-state index in [2.05, 4.69) is 15.1 Å². The van der Waals surface area contributed by atoms with Crippen molar-refractivity contribution >= 4 is 22.2 Å². The van der Waals surface area contributed by atoms with Gasteiger partial charge in [0.15, 0.2) is 5.69 Å². The molecule has 1 aliphatic carbocycles. The molecule has 2 atom stereocenters. The first-order valence-electron chi connectivity index (χ1n) is 11.1. The van der Waals surface area contributed by atoms with Gasteiger partial charge in [-0.1, -0.05) is 37.1 Å². The molecule has 166 valence electrons. The highest BCUT2D eigenvalue weighted by Crippen LogP contribution is 2.31. The summed E-state index contributed by atoms with van der Waals surface area (Å²) >= 11 is 1.54. The van der Waals surface area contributed by atoms with Gasteiger partial charge in [-0.3, -0.25) is 14.5 Å². The molecule has 33 heavy (non-hydrogen) atoms. The standard InChI is InChI=1S/C24H22N6O2S/c31-21-8-4-3-7-20(21)30-24(32)23-22(28-30)16-5-1-2-6-19(16)29(27-23)12-15-9-10-17(25-11-15)18-13-33-14-26-18/h1-2,5-6,9-11,13-14,20-21,31H,3-4,7-8,12H2/t20-,21-/m1/s1. The third-order valence-corrected chi connectivity index (χ3v) is 6.95. The molecule has 1 fully saturated rings. The summed E-state index contributed by atoms with van der Waals surface area (Å²) in [5.74, 6) is 0. The molecule has 8 nitrogen and oxygen atoms in total. The second-order valence-corrected chi connectivity index (χ2v) is 9.18. The molecule has 2 aliphatic heterocycles. The number of para-hydroxylation sites is 1. The largest absolute Gasteiger partial charge is 0.391 e. The van der Waals surface area contributed by atoms with Gasteiger partial charge in [-0.05, 0) is 30.5 Å². The summed E-state index contributed by atoms with van der Waals surface area (Å²) in [5.41, 5.74) is 6.01. The third-order valence-electron chi connectivity index (χ3n) is 6.36. The topological polar surface area (TPSA) is 98.7 Å². The maximum absolute atomic E-state index is 13.3. The summed E-state index contributed by atoms with van der Waals surface area (Å²) in [7, 11) is 0. The highest BCUT2D eigenvalue weighted by Gasteiger charge is 2.31. The van der Waals surface area contributed by atoms with Gasteiger partial charge in [0, 0.05) is 17.0 Å². The Kier molecular flexibility index (Phi) is 5.00. The summed E-state index contributed by atoms with van der Waals surface area (Å²) in [5, 5.41) is 22.7. The van der Waals surface area contributed by atoms with Crippen LogP contribution in [-0.4, -0.2) is 40.7 Å². The Hall–Kier alpha value is -3.43. The first-order valence-corrected chi connectivity index (χ1v) is 12.0. The Labute approximate surface area is 193 Å². The van der Waals surface area contributed by atoms with Crippen LogP contribution in [0.2, 0.25) is 0 Å². The van der Waals surface area contributed by atoms with Crippen LogP contribution in [0.15, 0.2) is 58.3 Å². The van der Waals surface area contributed by atoms with Crippen LogP contribution in [-0.2, 0) is 6.54 Å². The molecule has 0 saturated heterocycles. The molecule has 0 spiro atoms. The summed E-state index contributed by atoms with van der Waals surface area (Å²) in [6.45, 7) is 0.470. The number of aliphatic hydroxyl groups excluding tert-OH is 1. The first-order chi connectivity index (χ1) is 16.2. The number of thiazole rings is 1. The van der Waals surface area contributed by atoms with E-state index in [1.165, 1.54) is 16.0 Å². The van der Waals surface area contributed by atoms with Crippen LogP contribution in [0.1, 0.15) is 37.3 Å². The number of aliphatic hydroxyl groups is 1. The van der Waals surface area contributed by atoms with Gasteiger partial charge in [0.25, 0.3) is 5.56 Å². The van der Waals surface area contributed by atoms with E-state index in [-0.39, 0.29) is 11.6 Å². The summed E-state index contributed by atoms with van der Waals surface area (Å²) in [6, 6.07) is 11.5. The van der Waals surface area contributed by atoms with Gasteiger partial charge in [0.2, 0.25) is 0 Å². The maximum atomic E-state index is 13.3. The predicted octanol–water partition coefficient (Wildman–Crippen LogP) is 3.74. The number of benzene rings is 1. The number of fused-ring (bicyclic) bond motifs is 3. The number of pyridine rings is 1. The number of hydrogen-bond acceptors (Lipinski definition) is 7. The van der Waals surface area contributed by atoms with Crippen LogP contribution < -0.4 is 5.56 Å². The molecule has 3 aromatic rings. The minimum Gasteiger partial charge on any atom is -0.391 e. The number of rotatable bonds is 4. The average Bonchev–Trinajstić information content (AvgIpc) is 3.49. The van der Waals surface area contributed by atoms with Crippen molar-refractivity contribution < 1.29 is 5.11 Å². The minimum atomic E-state index is -0.554. The van der Waals surface area contributed by atoms with Gasteiger partial charge in [-0.25, -0.2) is 9.67 Å². The van der Waals surface area contributed by atoms with Crippen LogP contribution in [0.4, 0.5) is 0 Å². The zero-order chi connectivity index (χ0) is 22.4.